The van der Waals surface area contributed by atoms with Crippen LogP contribution in [-0.2, 0) is 24.2 Å². The highest BCUT2D eigenvalue weighted by molar-refractivity contribution is 7.16. The Morgan fingerprint density at radius 2 is 1.97 bits per heavy atom. The molecule has 0 saturated heterocycles. The van der Waals surface area contributed by atoms with Crippen LogP contribution >= 0.6 is 22.9 Å². The Labute approximate surface area is 185 Å². The first kappa shape index (κ1) is 20.8. The Bertz CT molecular complexity index is 1050. The molecule has 4 rings (SSSR count). The zero-order valence-electron chi connectivity index (χ0n) is 16.8. The van der Waals surface area contributed by atoms with Crippen LogP contribution in [0.5, 0.6) is 0 Å². The first-order chi connectivity index (χ1) is 14.6. The van der Waals surface area contributed by atoms with Crippen LogP contribution in [0.1, 0.15) is 38.8 Å². The third kappa shape index (κ3) is 4.81. The van der Waals surface area contributed by atoms with Crippen LogP contribution in [0.25, 0.3) is 0 Å². The van der Waals surface area contributed by atoms with Gasteiger partial charge in [0, 0.05) is 35.7 Å². The number of esters is 1. The van der Waals surface area contributed by atoms with Gasteiger partial charge in [-0.15, -0.1) is 11.3 Å². The maximum Gasteiger partial charge on any atom is 0.341 e. The third-order valence-electron chi connectivity index (χ3n) is 5.05. The molecule has 0 spiro atoms. The maximum atomic E-state index is 12.7. The normalized spacial score (nSPS) is 14.1. The van der Waals surface area contributed by atoms with Crippen molar-refractivity contribution in [1.82, 2.24) is 4.90 Å². The molecule has 0 atom stereocenters. The molecule has 0 bridgehead atoms. The molecule has 6 heteroatoms. The summed E-state index contributed by atoms with van der Waals surface area (Å²) in [4.78, 5) is 21.0. The summed E-state index contributed by atoms with van der Waals surface area (Å²) in [5.74, 6) is -0.283. The summed E-state index contributed by atoms with van der Waals surface area (Å²) < 4.78 is 5.35. The Balaban J connectivity index is 1.60. The summed E-state index contributed by atoms with van der Waals surface area (Å²) in [6, 6.07) is 17.9. The van der Waals surface area contributed by atoms with E-state index in [4.69, 9.17) is 16.3 Å². The summed E-state index contributed by atoms with van der Waals surface area (Å²) in [7, 11) is 0. The molecule has 0 aliphatic carbocycles. The van der Waals surface area contributed by atoms with Crippen molar-refractivity contribution < 1.29 is 9.53 Å². The number of ether oxygens (including phenoxy) is 1. The van der Waals surface area contributed by atoms with Crippen molar-refractivity contribution in [1.29, 1.82) is 0 Å². The van der Waals surface area contributed by atoms with Crippen molar-refractivity contribution in [2.75, 3.05) is 13.2 Å². The van der Waals surface area contributed by atoms with Crippen LogP contribution in [0.15, 0.2) is 59.6 Å². The van der Waals surface area contributed by atoms with Gasteiger partial charge in [-0.05, 0) is 42.2 Å². The van der Waals surface area contributed by atoms with Crippen molar-refractivity contribution in [2.45, 2.75) is 26.4 Å². The molecule has 2 aromatic carbocycles. The minimum absolute atomic E-state index is 0.283. The molecule has 4 nitrogen and oxygen atoms in total. The molecular weight excluding hydrogens is 416 g/mol. The number of nitrogens with zero attached hydrogens (tertiary/aromatic N) is 2. The number of fused-ring (bicyclic) bond motifs is 1. The van der Waals surface area contributed by atoms with Crippen LogP contribution in [0.4, 0.5) is 5.00 Å². The number of hydrogen-bond acceptors (Lipinski definition) is 5. The lowest BCUT2D eigenvalue weighted by atomic mass is 10.0. The number of hydrogen-bond donors (Lipinski definition) is 0. The fourth-order valence-corrected chi connectivity index (χ4v) is 4.95. The van der Waals surface area contributed by atoms with E-state index in [9.17, 15) is 4.79 Å². The summed E-state index contributed by atoms with van der Waals surface area (Å²) >= 11 is 7.55. The van der Waals surface area contributed by atoms with Crippen molar-refractivity contribution in [3.8, 4) is 0 Å². The van der Waals surface area contributed by atoms with Gasteiger partial charge in [0.25, 0.3) is 0 Å². The number of carbonyl (C=O) groups excluding carboxylic acids is 1. The van der Waals surface area contributed by atoms with Gasteiger partial charge in [-0.3, -0.25) is 4.90 Å². The van der Waals surface area contributed by atoms with Crippen LogP contribution in [0.3, 0.4) is 0 Å². The van der Waals surface area contributed by atoms with E-state index in [0.717, 1.165) is 42.2 Å². The lowest BCUT2D eigenvalue weighted by Crippen LogP contribution is -2.29. The molecule has 1 aliphatic rings. The fraction of sp³-hybridized carbons (Fsp3) is 0.250. The first-order valence-electron chi connectivity index (χ1n) is 10.0. The first-order valence-corrected chi connectivity index (χ1v) is 11.2. The lowest BCUT2D eigenvalue weighted by molar-refractivity contribution is 0.0526. The standard InChI is InChI=1S/C24H23ClN2O2S/c1-2-29-24(28)22-20-12-13-27(15-18-6-4-3-5-7-18)16-21(20)30-23(22)26-14-17-8-10-19(25)11-9-17/h3-11,14H,2,12-13,15-16H2,1H3. The van der Waals surface area contributed by atoms with Crippen LogP contribution in [0.2, 0.25) is 5.02 Å². The topological polar surface area (TPSA) is 41.9 Å². The summed E-state index contributed by atoms with van der Waals surface area (Å²) in [6.07, 6.45) is 2.60. The lowest BCUT2D eigenvalue weighted by Gasteiger charge is -2.27. The largest absolute Gasteiger partial charge is 0.462 e. The zero-order valence-corrected chi connectivity index (χ0v) is 18.4. The van der Waals surface area contributed by atoms with Gasteiger partial charge in [-0.1, -0.05) is 54.1 Å². The van der Waals surface area contributed by atoms with E-state index in [-0.39, 0.29) is 5.97 Å². The van der Waals surface area contributed by atoms with Crippen molar-refractivity contribution in [3.63, 3.8) is 0 Å². The van der Waals surface area contributed by atoms with Crippen LogP contribution in [-0.4, -0.2) is 30.2 Å². The summed E-state index contributed by atoms with van der Waals surface area (Å²) in [5, 5.41) is 1.40. The number of halogens is 1. The van der Waals surface area contributed by atoms with Crippen molar-refractivity contribution in [2.24, 2.45) is 4.99 Å². The van der Waals surface area contributed by atoms with E-state index in [1.165, 1.54) is 10.4 Å². The van der Waals surface area contributed by atoms with E-state index in [2.05, 4.69) is 34.2 Å². The molecule has 3 aromatic rings. The highest BCUT2D eigenvalue weighted by Gasteiger charge is 2.28. The number of carbonyl (C=O) groups is 1. The molecule has 0 N–H and O–H groups in total. The van der Waals surface area contributed by atoms with E-state index in [1.807, 2.05) is 37.3 Å². The average Bonchev–Trinajstić information content (AvgIpc) is 3.12. The van der Waals surface area contributed by atoms with Gasteiger partial charge in [0.1, 0.15) is 5.00 Å². The van der Waals surface area contributed by atoms with Gasteiger partial charge < -0.3 is 4.74 Å². The highest BCUT2D eigenvalue weighted by Crippen LogP contribution is 2.39. The quantitative estimate of drug-likeness (QED) is 0.356. The molecule has 1 aromatic heterocycles. The monoisotopic (exact) mass is 438 g/mol. The molecule has 0 radical (unpaired) electrons. The van der Waals surface area contributed by atoms with E-state index in [0.29, 0.717) is 17.2 Å². The molecule has 0 amide bonds. The Kier molecular flexibility index (Phi) is 6.62. The predicted molar refractivity (Wildman–Crippen MR) is 123 cm³/mol. The number of thiophene rings is 1. The second-order valence-corrected chi connectivity index (χ2v) is 8.68. The molecule has 154 valence electrons. The van der Waals surface area contributed by atoms with Crippen molar-refractivity contribution >= 4 is 40.1 Å². The second kappa shape index (κ2) is 9.56. The van der Waals surface area contributed by atoms with E-state index in [1.54, 1.807) is 17.6 Å². The van der Waals surface area contributed by atoms with E-state index < -0.39 is 0 Å². The maximum absolute atomic E-state index is 12.7. The van der Waals surface area contributed by atoms with E-state index >= 15 is 0 Å². The van der Waals surface area contributed by atoms with Gasteiger partial charge >= 0.3 is 5.97 Å². The Morgan fingerprint density at radius 1 is 1.20 bits per heavy atom. The predicted octanol–water partition coefficient (Wildman–Crippen LogP) is 5.89. The van der Waals surface area contributed by atoms with Gasteiger partial charge in [-0.25, -0.2) is 9.79 Å². The van der Waals surface area contributed by atoms with Gasteiger partial charge in [0.05, 0.1) is 12.2 Å². The zero-order chi connectivity index (χ0) is 20.9. The Hall–Kier alpha value is -2.47. The van der Waals surface area contributed by atoms with Crippen LogP contribution < -0.4 is 0 Å². The SMILES string of the molecule is CCOC(=O)c1c(N=Cc2ccc(Cl)cc2)sc2c1CCN(Cc1ccccc1)C2. The minimum Gasteiger partial charge on any atom is -0.462 e. The van der Waals surface area contributed by atoms with Gasteiger partial charge in [-0.2, -0.15) is 0 Å². The molecular formula is C24H23ClN2O2S. The second-order valence-electron chi connectivity index (χ2n) is 7.16. The molecule has 30 heavy (non-hydrogen) atoms. The highest BCUT2D eigenvalue weighted by atomic mass is 35.5. The van der Waals surface area contributed by atoms with Crippen LogP contribution in [0, 0.1) is 0 Å². The molecule has 1 aliphatic heterocycles. The molecule has 0 saturated carbocycles. The molecule has 2 heterocycles. The summed E-state index contributed by atoms with van der Waals surface area (Å²) in [5.41, 5.74) is 3.95. The van der Waals surface area contributed by atoms with Gasteiger partial charge in [0.15, 0.2) is 0 Å². The summed E-state index contributed by atoms with van der Waals surface area (Å²) in [6.45, 7) is 4.80. The number of rotatable bonds is 6. The smallest absolute Gasteiger partial charge is 0.341 e. The average molecular weight is 439 g/mol. The third-order valence-corrected chi connectivity index (χ3v) is 6.42. The molecule has 0 unspecified atom stereocenters. The number of aliphatic imine (C=N–C) groups is 1. The molecule has 0 fully saturated rings. The van der Waals surface area contributed by atoms with Gasteiger partial charge in [0.2, 0.25) is 0 Å². The minimum atomic E-state index is -0.283. The Morgan fingerprint density at radius 3 is 2.70 bits per heavy atom. The van der Waals surface area contributed by atoms with Crippen molar-refractivity contribution in [3.05, 3.63) is 86.8 Å². The number of benzene rings is 2. The fourth-order valence-electron chi connectivity index (χ4n) is 3.61.